The molecular weight excluding hydrogens is 610 g/mol. The van der Waals surface area contributed by atoms with Crippen LogP contribution >= 0.6 is 0 Å². The lowest BCUT2D eigenvalue weighted by Gasteiger charge is -2.31. The van der Waals surface area contributed by atoms with Crippen molar-refractivity contribution in [3.63, 3.8) is 0 Å². The van der Waals surface area contributed by atoms with Gasteiger partial charge in [0.1, 0.15) is 23.9 Å². The molecular formula is C37H53N5O6. The molecule has 0 unspecified atom stereocenters. The fourth-order valence-electron chi connectivity index (χ4n) is 5.60. The summed E-state index contributed by atoms with van der Waals surface area (Å²) in [7, 11) is 1.56. The van der Waals surface area contributed by atoms with Gasteiger partial charge in [-0.15, -0.1) is 0 Å². The van der Waals surface area contributed by atoms with Crippen molar-refractivity contribution in [2.75, 3.05) is 20.2 Å². The molecule has 1 aliphatic rings. The third-order valence-electron chi connectivity index (χ3n) is 8.36. The molecule has 3 rings (SSSR count). The van der Waals surface area contributed by atoms with Gasteiger partial charge < -0.3 is 30.9 Å². The van der Waals surface area contributed by atoms with Gasteiger partial charge in [0.05, 0.1) is 13.7 Å². The smallest absolute Gasteiger partial charge is 0.254 e. The molecule has 2 aromatic rings. The third kappa shape index (κ3) is 11.4. The van der Waals surface area contributed by atoms with Crippen LogP contribution in [0.2, 0.25) is 0 Å². The predicted molar refractivity (Wildman–Crippen MR) is 185 cm³/mol. The molecule has 1 heterocycles. The number of carbonyl (C=O) groups excluding carboxylic acids is 5. The van der Waals surface area contributed by atoms with Crippen LogP contribution in [0.1, 0.15) is 76.4 Å². The maximum atomic E-state index is 13.9. The molecule has 11 heteroatoms. The Morgan fingerprint density at radius 1 is 0.771 bits per heavy atom. The Balaban J connectivity index is 1.98. The first kappa shape index (κ1) is 38.0. The van der Waals surface area contributed by atoms with Gasteiger partial charge >= 0.3 is 0 Å². The van der Waals surface area contributed by atoms with E-state index in [4.69, 9.17) is 4.74 Å². The summed E-state index contributed by atoms with van der Waals surface area (Å²) < 4.78 is 5.24. The van der Waals surface area contributed by atoms with Gasteiger partial charge in [0.25, 0.3) is 5.91 Å². The van der Waals surface area contributed by atoms with Crippen LogP contribution in [0, 0.1) is 17.8 Å². The average molecular weight is 664 g/mol. The number of nitrogens with one attached hydrogen (secondary N) is 4. The Bertz CT molecular complexity index is 1410. The maximum Gasteiger partial charge on any atom is 0.254 e. The molecule has 0 aliphatic carbocycles. The van der Waals surface area contributed by atoms with E-state index in [0.717, 1.165) is 17.5 Å². The van der Waals surface area contributed by atoms with Gasteiger partial charge in [-0.3, -0.25) is 24.0 Å². The molecule has 0 radical (unpaired) electrons. The molecule has 11 nitrogen and oxygen atoms in total. The Kier molecular flexibility index (Phi) is 14.0. The van der Waals surface area contributed by atoms with E-state index in [0.29, 0.717) is 23.7 Å². The van der Waals surface area contributed by atoms with Gasteiger partial charge in [-0.25, -0.2) is 0 Å². The molecule has 2 aromatic carbocycles. The van der Waals surface area contributed by atoms with Gasteiger partial charge in [-0.05, 0) is 72.9 Å². The first-order valence-corrected chi connectivity index (χ1v) is 16.9. The summed E-state index contributed by atoms with van der Waals surface area (Å²) in [6, 6.07) is 11.0. The first-order chi connectivity index (χ1) is 22.7. The summed E-state index contributed by atoms with van der Waals surface area (Å²) >= 11 is 0. The predicted octanol–water partition coefficient (Wildman–Crippen LogP) is 3.25. The Hall–Kier alpha value is -4.41. The van der Waals surface area contributed by atoms with Crippen LogP contribution in [0.15, 0.2) is 48.5 Å². The summed E-state index contributed by atoms with van der Waals surface area (Å²) in [5.74, 6) is -1.37. The normalized spacial score (nSPS) is 21.6. The second-order valence-corrected chi connectivity index (χ2v) is 13.9. The molecule has 4 N–H and O–H groups in total. The molecule has 4 atom stereocenters. The molecule has 48 heavy (non-hydrogen) atoms. The zero-order valence-corrected chi connectivity index (χ0v) is 29.6. The zero-order valence-electron chi connectivity index (χ0n) is 29.6. The molecule has 0 bridgehead atoms. The highest BCUT2D eigenvalue weighted by molar-refractivity contribution is 5.98. The maximum absolute atomic E-state index is 13.9. The minimum absolute atomic E-state index is 0.0336. The van der Waals surface area contributed by atoms with Crippen LogP contribution in [0.3, 0.4) is 0 Å². The van der Waals surface area contributed by atoms with E-state index >= 15 is 0 Å². The molecule has 262 valence electrons. The molecule has 1 saturated heterocycles. The molecule has 0 aromatic heterocycles. The Morgan fingerprint density at radius 3 is 1.94 bits per heavy atom. The van der Waals surface area contributed by atoms with E-state index in [1.807, 2.05) is 39.8 Å². The standard InChI is InChI=1S/C37H53N5O6/c1-22(2)17-26-9-13-28(14-10-26)37(47)42-20-32(24(5)6)41-34(44)25(7)38-35(45)31(19-27-11-15-29(48-8)16-12-27)40-36(46)30(18-23(3)4)39-33(43)21-42/h9-16,22-25,30-32H,17-21H2,1-8H3,(H,38,45)(H,39,43)(H,40,46)(H,41,44)/t25-,30+,31+,32-/m1/s1. The number of benzene rings is 2. The number of nitrogens with zero attached hydrogens (tertiary/aromatic N) is 1. The minimum atomic E-state index is -1.03. The monoisotopic (exact) mass is 663 g/mol. The van der Waals surface area contributed by atoms with Gasteiger partial charge in [0, 0.05) is 24.6 Å². The number of hydrogen-bond acceptors (Lipinski definition) is 6. The summed E-state index contributed by atoms with van der Waals surface area (Å²) in [5.41, 5.74) is 2.29. The quantitative estimate of drug-likeness (QED) is 0.324. The number of carbonyl (C=O) groups is 5. The Morgan fingerprint density at radius 2 is 1.38 bits per heavy atom. The number of ether oxygens (including phenoxy) is 1. The average Bonchev–Trinajstić information content (AvgIpc) is 3.02. The summed E-state index contributed by atoms with van der Waals surface area (Å²) in [6.07, 6.45) is 1.33. The third-order valence-corrected chi connectivity index (χ3v) is 8.36. The highest BCUT2D eigenvalue weighted by atomic mass is 16.5. The fourth-order valence-corrected chi connectivity index (χ4v) is 5.60. The molecule has 0 saturated carbocycles. The molecule has 1 aliphatic heterocycles. The molecule has 1 fully saturated rings. The van der Waals surface area contributed by atoms with Crippen LogP contribution in [0.5, 0.6) is 5.75 Å². The topological polar surface area (TPSA) is 146 Å². The SMILES string of the molecule is COc1ccc(C[C@@H]2NC(=O)[C@H](CC(C)C)NC(=O)CN(C(=O)c3ccc(CC(C)C)cc3)C[C@H](C(C)C)NC(=O)[C@@H](C)NC2=O)cc1. The minimum Gasteiger partial charge on any atom is -0.497 e. The molecule has 0 spiro atoms. The van der Waals surface area contributed by atoms with E-state index < -0.39 is 47.8 Å². The van der Waals surface area contributed by atoms with E-state index in [1.54, 1.807) is 50.4 Å². The number of methoxy groups -OCH3 is 1. The fraction of sp³-hybridized carbons (Fsp3) is 0.541. The van der Waals surface area contributed by atoms with Gasteiger partial charge in [0.2, 0.25) is 23.6 Å². The lowest BCUT2D eigenvalue weighted by molar-refractivity contribution is -0.133. The van der Waals surface area contributed by atoms with Crippen molar-refractivity contribution in [2.24, 2.45) is 17.8 Å². The van der Waals surface area contributed by atoms with Crippen molar-refractivity contribution in [2.45, 2.75) is 91.9 Å². The van der Waals surface area contributed by atoms with Gasteiger partial charge in [-0.1, -0.05) is 65.8 Å². The lowest BCUT2D eigenvalue weighted by Crippen LogP contribution is -2.57. The number of amides is 5. The van der Waals surface area contributed by atoms with Crippen LogP contribution in [-0.2, 0) is 32.0 Å². The van der Waals surface area contributed by atoms with Gasteiger partial charge in [0.15, 0.2) is 0 Å². The van der Waals surface area contributed by atoms with Crippen LogP contribution in [0.25, 0.3) is 0 Å². The van der Waals surface area contributed by atoms with Crippen molar-refractivity contribution in [1.29, 1.82) is 0 Å². The van der Waals surface area contributed by atoms with E-state index in [9.17, 15) is 24.0 Å². The number of hydrogen-bond donors (Lipinski definition) is 4. The van der Waals surface area contributed by atoms with Crippen LogP contribution in [0.4, 0.5) is 0 Å². The largest absolute Gasteiger partial charge is 0.497 e. The van der Waals surface area contributed by atoms with Crippen LogP contribution < -0.4 is 26.0 Å². The van der Waals surface area contributed by atoms with Crippen LogP contribution in [-0.4, -0.2) is 78.8 Å². The summed E-state index contributed by atoms with van der Waals surface area (Å²) in [4.78, 5) is 69.7. The summed E-state index contributed by atoms with van der Waals surface area (Å²) in [6.45, 7) is 13.2. The lowest BCUT2D eigenvalue weighted by atomic mass is 10.0. The first-order valence-electron chi connectivity index (χ1n) is 16.9. The van der Waals surface area contributed by atoms with E-state index in [-0.39, 0.29) is 37.3 Å². The summed E-state index contributed by atoms with van der Waals surface area (Å²) in [5, 5.41) is 11.4. The second kappa shape index (κ2) is 17.7. The Labute approximate surface area is 284 Å². The highest BCUT2D eigenvalue weighted by Crippen LogP contribution is 2.16. The van der Waals surface area contributed by atoms with Crippen molar-refractivity contribution in [3.8, 4) is 5.75 Å². The second-order valence-electron chi connectivity index (χ2n) is 13.9. The van der Waals surface area contributed by atoms with Crippen molar-refractivity contribution in [1.82, 2.24) is 26.2 Å². The molecule has 5 amide bonds. The van der Waals surface area contributed by atoms with E-state index in [1.165, 1.54) is 4.90 Å². The van der Waals surface area contributed by atoms with Crippen molar-refractivity contribution >= 4 is 29.5 Å². The van der Waals surface area contributed by atoms with E-state index in [2.05, 4.69) is 35.1 Å². The van der Waals surface area contributed by atoms with Crippen molar-refractivity contribution in [3.05, 3.63) is 65.2 Å². The highest BCUT2D eigenvalue weighted by Gasteiger charge is 2.32. The number of rotatable bonds is 9. The van der Waals surface area contributed by atoms with Gasteiger partial charge in [-0.2, -0.15) is 0 Å². The van der Waals surface area contributed by atoms with Crippen molar-refractivity contribution < 1.29 is 28.7 Å². The zero-order chi connectivity index (χ0) is 35.5.